The van der Waals surface area contributed by atoms with Gasteiger partial charge in [0.15, 0.2) is 5.69 Å². The second kappa shape index (κ2) is 5.64. The minimum absolute atomic E-state index is 0.374. The Morgan fingerprint density at radius 1 is 1.33 bits per heavy atom. The van der Waals surface area contributed by atoms with Gasteiger partial charge in [0.05, 0.1) is 18.1 Å². The van der Waals surface area contributed by atoms with E-state index in [1.165, 1.54) is 6.07 Å². The number of hydrogen-bond donors (Lipinski definition) is 1. The van der Waals surface area contributed by atoms with Crippen molar-refractivity contribution in [3.05, 3.63) is 35.2 Å². The molecule has 0 radical (unpaired) electrons. The van der Waals surface area contributed by atoms with Crippen molar-refractivity contribution in [2.24, 2.45) is 5.92 Å². The maximum absolute atomic E-state index is 12.9. The molecule has 2 rings (SSSR count). The van der Waals surface area contributed by atoms with Gasteiger partial charge in [0, 0.05) is 18.8 Å². The molecule has 1 heterocycles. The number of anilines is 1. The maximum Gasteiger partial charge on any atom is 0.407 e. The van der Waals surface area contributed by atoms with E-state index in [0.29, 0.717) is 31.6 Å². The Morgan fingerprint density at radius 2 is 1.95 bits per heavy atom. The highest BCUT2D eigenvalue weighted by Crippen LogP contribution is 2.39. The number of benzene rings is 1. The molecule has 0 amide bonds. The summed E-state index contributed by atoms with van der Waals surface area (Å²) in [6.07, 6.45) is -3.77. The van der Waals surface area contributed by atoms with Gasteiger partial charge in [0.25, 0.3) is 0 Å². The number of carbonyl (C=O) groups is 1. The molecule has 1 aromatic carbocycles. The van der Waals surface area contributed by atoms with Crippen molar-refractivity contribution in [2.75, 3.05) is 18.0 Å². The zero-order chi connectivity index (χ0) is 15.6. The number of carboxylic acids is 1. The number of carboxylic acid groups (broad SMARTS) is 1. The minimum Gasteiger partial charge on any atom is -0.481 e. The highest BCUT2D eigenvalue weighted by atomic mass is 19.4. The van der Waals surface area contributed by atoms with E-state index in [0.717, 1.165) is 12.1 Å². The summed E-state index contributed by atoms with van der Waals surface area (Å²) in [6, 6.07) is 3.60. The molecule has 1 aliphatic rings. The Labute approximate surface area is 119 Å². The van der Waals surface area contributed by atoms with Crippen LogP contribution in [0.3, 0.4) is 0 Å². The molecule has 0 bridgehead atoms. The molecule has 0 aliphatic carbocycles. The molecule has 0 spiro atoms. The van der Waals surface area contributed by atoms with Gasteiger partial charge in [0.2, 0.25) is 0 Å². The van der Waals surface area contributed by atoms with Crippen LogP contribution in [0, 0.1) is 12.5 Å². The van der Waals surface area contributed by atoms with Crippen LogP contribution in [-0.2, 0) is 11.0 Å². The van der Waals surface area contributed by atoms with E-state index >= 15 is 0 Å². The van der Waals surface area contributed by atoms with Gasteiger partial charge in [-0.3, -0.25) is 4.79 Å². The van der Waals surface area contributed by atoms with Gasteiger partial charge in [-0.1, -0.05) is 6.07 Å². The number of piperidine rings is 1. The molecule has 112 valence electrons. The standard InChI is InChI=1S/C14H13F3N2O2/c1-18-12-3-2-10(8-11(12)14(15,16)17)19-6-4-9(5-7-19)13(20)21/h2-3,8-9H,4-7H2,(H,20,21). The molecule has 0 aromatic heterocycles. The van der Waals surface area contributed by atoms with Crippen LogP contribution in [0.1, 0.15) is 18.4 Å². The lowest BCUT2D eigenvalue weighted by Gasteiger charge is -2.32. The lowest BCUT2D eigenvalue weighted by Crippen LogP contribution is -2.36. The molecule has 1 aromatic rings. The minimum atomic E-state index is -4.57. The molecule has 1 saturated heterocycles. The fraction of sp³-hybridized carbons (Fsp3) is 0.429. The SMILES string of the molecule is [C-]#[N+]c1ccc(N2CCC(C(=O)O)CC2)cc1C(F)(F)F. The van der Waals surface area contributed by atoms with Crippen molar-refractivity contribution in [3.63, 3.8) is 0 Å². The van der Waals surface area contributed by atoms with Gasteiger partial charge in [-0.05, 0) is 25.0 Å². The van der Waals surface area contributed by atoms with Crippen LogP contribution in [0.25, 0.3) is 4.85 Å². The van der Waals surface area contributed by atoms with E-state index in [4.69, 9.17) is 11.7 Å². The molecular weight excluding hydrogens is 285 g/mol. The maximum atomic E-state index is 12.9. The number of hydrogen-bond acceptors (Lipinski definition) is 2. The van der Waals surface area contributed by atoms with Crippen molar-refractivity contribution >= 4 is 17.3 Å². The normalized spacial score (nSPS) is 16.6. The largest absolute Gasteiger partial charge is 0.481 e. The number of aliphatic carboxylic acids is 1. The van der Waals surface area contributed by atoms with Gasteiger partial charge < -0.3 is 10.0 Å². The summed E-state index contributed by atoms with van der Waals surface area (Å²) in [5, 5.41) is 8.91. The van der Waals surface area contributed by atoms with Gasteiger partial charge in [-0.25, -0.2) is 4.85 Å². The van der Waals surface area contributed by atoms with Crippen molar-refractivity contribution in [1.82, 2.24) is 0 Å². The van der Waals surface area contributed by atoms with Crippen LogP contribution in [0.2, 0.25) is 0 Å². The first-order valence-electron chi connectivity index (χ1n) is 6.39. The zero-order valence-electron chi connectivity index (χ0n) is 11.0. The van der Waals surface area contributed by atoms with Crippen LogP contribution in [0.5, 0.6) is 0 Å². The average molecular weight is 298 g/mol. The Balaban J connectivity index is 2.23. The molecule has 1 aliphatic heterocycles. The van der Waals surface area contributed by atoms with E-state index < -0.39 is 29.3 Å². The summed E-state index contributed by atoms with van der Waals surface area (Å²) in [4.78, 5) is 15.5. The molecule has 0 unspecified atom stereocenters. The van der Waals surface area contributed by atoms with Crippen LogP contribution in [-0.4, -0.2) is 24.2 Å². The monoisotopic (exact) mass is 298 g/mol. The van der Waals surface area contributed by atoms with E-state index in [1.807, 2.05) is 0 Å². The second-order valence-electron chi connectivity index (χ2n) is 4.91. The van der Waals surface area contributed by atoms with Crippen LogP contribution < -0.4 is 4.90 Å². The molecule has 1 N–H and O–H groups in total. The number of alkyl halides is 3. The fourth-order valence-corrected chi connectivity index (χ4v) is 2.43. The third-order valence-electron chi connectivity index (χ3n) is 3.62. The fourth-order valence-electron chi connectivity index (χ4n) is 2.43. The van der Waals surface area contributed by atoms with Gasteiger partial charge >= 0.3 is 12.1 Å². The molecule has 4 nitrogen and oxygen atoms in total. The van der Waals surface area contributed by atoms with E-state index in [2.05, 4.69) is 4.85 Å². The summed E-state index contributed by atoms with van der Waals surface area (Å²) < 4.78 is 38.7. The van der Waals surface area contributed by atoms with Crippen molar-refractivity contribution in [2.45, 2.75) is 19.0 Å². The quantitative estimate of drug-likeness (QED) is 0.849. The molecule has 7 heteroatoms. The van der Waals surface area contributed by atoms with Gasteiger partial charge in [0.1, 0.15) is 0 Å². The van der Waals surface area contributed by atoms with Crippen LogP contribution in [0.4, 0.5) is 24.5 Å². The summed E-state index contributed by atoms with van der Waals surface area (Å²) in [5.41, 5.74) is -0.999. The molecule has 0 saturated carbocycles. The smallest absolute Gasteiger partial charge is 0.407 e. The predicted octanol–water partition coefficient (Wildman–Crippen LogP) is 3.56. The predicted molar refractivity (Wildman–Crippen MR) is 70.3 cm³/mol. The number of halogens is 3. The third kappa shape index (κ3) is 3.27. The summed E-state index contributed by atoms with van der Waals surface area (Å²) >= 11 is 0. The first-order chi connectivity index (χ1) is 9.82. The Morgan fingerprint density at radius 3 is 2.43 bits per heavy atom. The van der Waals surface area contributed by atoms with E-state index in [9.17, 15) is 18.0 Å². The third-order valence-corrected chi connectivity index (χ3v) is 3.62. The van der Waals surface area contributed by atoms with Crippen molar-refractivity contribution in [1.29, 1.82) is 0 Å². The molecular formula is C14H13F3N2O2. The molecule has 21 heavy (non-hydrogen) atoms. The zero-order valence-corrected chi connectivity index (χ0v) is 11.0. The lowest BCUT2D eigenvalue weighted by atomic mass is 9.96. The van der Waals surface area contributed by atoms with Crippen molar-refractivity contribution < 1.29 is 23.1 Å². The Hall–Kier alpha value is -2.23. The topological polar surface area (TPSA) is 44.9 Å². The average Bonchev–Trinajstić information content (AvgIpc) is 2.45. The number of nitrogens with zero attached hydrogens (tertiary/aromatic N) is 2. The Kier molecular flexibility index (Phi) is 4.07. The molecule has 1 fully saturated rings. The van der Waals surface area contributed by atoms with Crippen LogP contribution >= 0.6 is 0 Å². The van der Waals surface area contributed by atoms with Gasteiger partial charge in [-0.2, -0.15) is 13.2 Å². The van der Waals surface area contributed by atoms with Crippen molar-refractivity contribution in [3.8, 4) is 0 Å². The van der Waals surface area contributed by atoms with Gasteiger partial charge in [-0.15, -0.1) is 0 Å². The summed E-state index contributed by atoms with van der Waals surface area (Å²) in [7, 11) is 0. The first kappa shape index (κ1) is 15.2. The van der Waals surface area contributed by atoms with Crippen LogP contribution in [0.15, 0.2) is 18.2 Å². The highest BCUT2D eigenvalue weighted by molar-refractivity contribution is 5.70. The summed E-state index contributed by atoms with van der Waals surface area (Å²) in [6.45, 7) is 7.59. The van der Waals surface area contributed by atoms with E-state index in [-0.39, 0.29) is 0 Å². The molecule has 0 atom stereocenters. The second-order valence-corrected chi connectivity index (χ2v) is 4.91. The van der Waals surface area contributed by atoms with E-state index in [1.54, 1.807) is 4.90 Å². The Bertz CT molecular complexity index is 585. The summed E-state index contributed by atoms with van der Waals surface area (Å²) in [5.74, 6) is -1.31. The first-order valence-corrected chi connectivity index (χ1v) is 6.39. The lowest BCUT2D eigenvalue weighted by molar-refractivity contribution is -0.142. The highest BCUT2D eigenvalue weighted by Gasteiger charge is 2.34. The number of rotatable bonds is 2.